The van der Waals surface area contributed by atoms with Gasteiger partial charge in [-0.3, -0.25) is 14.7 Å². The van der Waals surface area contributed by atoms with Crippen molar-refractivity contribution in [3.8, 4) is 0 Å². The van der Waals surface area contributed by atoms with E-state index in [-0.39, 0.29) is 18.5 Å². The Morgan fingerprint density at radius 3 is 2.72 bits per heavy atom. The van der Waals surface area contributed by atoms with Crippen LogP contribution in [0.4, 0.5) is 8.78 Å². The highest BCUT2D eigenvalue weighted by Gasteiger charge is 2.28. The van der Waals surface area contributed by atoms with Crippen molar-refractivity contribution < 1.29 is 13.6 Å². The Morgan fingerprint density at radius 1 is 1.20 bits per heavy atom. The summed E-state index contributed by atoms with van der Waals surface area (Å²) in [6, 6.07) is 6.93. The summed E-state index contributed by atoms with van der Waals surface area (Å²) in [6.07, 6.45) is 6.36. The van der Waals surface area contributed by atoms with Crippen molar-refractivity contribution in [2.45, 2.75) is 38.4 Å². The molecule has 0 bridgehead atoms. The van der Waals surface area contributed by atoms with Crippen LogP contribution in [0.25, 0.3) is 0 Å². The second kappa shape index (κ2) is 8.16. The van der Waals surface area contributed by atoms with Crippen molar-refractivity contribution in [2.75, 3.05) is 6.54 Å². The third-order valence-corrected chi connectivity index (χ3v) is 4.41. The summed E-state index contributed by atoms with van der Waals surface area (Å²) in [5, 5.41) is 2.81. The Kier molecular flexibility index (Phi) is 5.71. The number of benzene rings is 1. The van der Waals surface area contributed by atoms with Gasteiger partial charge in [0.15, 0.2) is 0 Å². The minimum atomic E-state index is -0.639. The molecule has 1 aliphatic rings. The van der Waals surface area contributed by atoms with Gasteiger partial charge < -0.3 is 5.32 Å². The van der Waals surface area contributed by atoms with Gasteiger partial charge in [-0.15, -0.1) is 0 Å². The standard InChI is InChI=1S/C19H21F2N3O/c20-16-8-15(9-17(21)10-16)12-23-19(25)18-5-1-2-7-24(18)13-14-4-3-6-22-11-14/h3-4,6,8-11,18H,1-2,5,7,12-13H2,(H,23,25)/t18-/m0/s1. The van der Waals surface area contributed by atoms with Gasteiger partial charge >= 0.3 is 0 Å². The molecule has 1 aromatic heterocycles. The van der Waals surface area contributed by atoms with E-state index >= 15 is 0 Å². The molecular formula is C19H21F2N3O. The normalized spacial score (nSPS) is 18.1. The Bertz CT molecular complexity index is 704. The third kappa shape index (κ3) is 4.82. The molecule has 1 saturated heterocycles. The average molecular weight is 345 g/mol. The maximum Gasteiger partial charge on any atom is 0.237 e. The molecule has 0 saturated carbocycles. The minimum Gasteiger partial charge on any atom is -0.351 e. The van der Waals surface area contributed by atoms with E-state index < -0.39 is 11.6 Å². The van der Waals surface area contributed by atoms with E-state index in [4.69, 9.17) is 0 Å². The molecule has 0 unspecified atom stereocenters. The lowest BCUT2D eigenvalue weighted by atomic mass is 10.0. The molecule has 1 fully saturated rings. The van der Waals surface area contributed by atoms with Crippen molar-refractivity contribution in [3.05, 3.63) is 65.5 Å². The van der Waals surface area contributed by atoms with Crippen molar-refractivity contribution >= 4 is 5.91 Å². The van der Waals surface area contributed by atoms with Gasteiger partial charge in [-0.05, 0) is 48.7 Å². The molecule has 0 aliphatic carbocycles. The average Bonchev–Trinajstić information content (AvgIpc) is 2.60. The fraction of sp³-hybridized carbons (Fsp3) is 0.368. The van der Waals surface area contributed by atoms with Crippen LogP contribution in [0, 0.1) is 11.6 Å². The summed E-state index contributed by atoms with van der Waals surface area (Å²) < 4.78 is 26.5. The molecule has 1 aliphatic heterocycles. The number of pyridine rings is 1. The quantitative estimate of drug-likeness (QED) is 0.906. The van der Waals surface area contributed by atoms with Crippen molar-refractivity contribution in [1.29, 1.82) is 0 Å². The fourth-order valence-electron chi connectivity index (χ4n) is 3.22. The predicted octanol–water partition coefficient (Wildman–Crippen LogP) is 3.03. The van der Waals surface area contributed by atoms with Crippen LogP contribution >= 0.6 is 0 Å². The molecule has 4 nitrogen and oxygen atoms in total. The van der Waals surface area contributed by atoms with E-state index in [0.717, 1.165) is 37.4 Å². The smallest absolute Gasteiger partial charge is 0.237 e. The van der Waals surface area contributed by atoms with Crippen LogP contribution in [-0.4, -0.2) is 28.4 Å². The van der Waals surface area contributed by atoms with Crippen LogP contribution < -0.4 is 5.32 Å². The van der Waals surface area contributed by atoms with Crippen molar-refractivity contribution in [1.82, 2.24) is 15.2 Å². The first-order chi connectivity index (χ1) is 12.1. The van der Waals surface area contributed by atoms with Crippen molar-refractivity contribution in [2.24, 2.45) is 0 Å². The first-order valence-electron chi connectivity index (χ1n) is 8.47. The summed E-state index contributed by atoms with van der Waals surface area (Å²) in [7, 11) is 0. The lowest BCUT2D eigenvalue weighted by Crippen LogP contribution is -2.48. The van der Waals surface area contributed by atoms with Crippen LogP contribution in [-0.2, 0) is 17.9 Å². The number of hydrogen-bond acceptors (Lipinski definition) is 3. The zero-order valence-corrected chi connectivity index (χ0v) is 13.9. The van der Waals surface area contributed by atoms with Crippen LogP contribution in [0.3, 0.4) is 0 Å². The first kappa shape index (κ1) is 17.5. The number of nitrogens with zero attached hydrogens (tertiary/aromatic N) is 2. The summed E-state index contributed by atoms with van der Waals surface area (Å²) in [5.41, 5.74) is 1.48. The topological polar surface area (TPSA) is 45.2 Å². The number of likely N-dealkylation sites (tertiary alicyclic amines) is 1. The molecule has 132 valence electrons. The van der Waals surface area contributed by atoms with Gasteiger partial charge in [-0.1, -0.05) is 12.5 Å². The van der Waals surface area contributed by atoms with E-state index in [2.05, 4.69) is 15.2 Å². The molecule has 0 spiro atoms. The Hall–Kier alpha value is -2.34. The zero-order chi connectivity index (χ0) is 17.6. The lowest BCUT2D eigenvalue weighted by molar-refractivity contribution is -0.128. The number of piperidine rings is 1. The molecule has 1 aromatic carbocycles. The van der Waals surface area contributed by atoms with Crippen LogP contribution in [0.15, 0.2) is 42.7 Å². The fourth-order valence-corrected chi connectivity index (χ4v) is 3.22. The minimum absolute atomic E-state index is 0.103. The molecular weight excluding hydrogens is 324 g/mol. The number of aromatic nitrogens is 1. The molecule has 2 aromatic rings. The molecule has 2 heterocycles. The molecule has 1 atom stereocenters. The van der Waals surface area contributed by atoms with E-state index in [1.165, 1.54) is 12.1 Å². The summed E-state index contributed by atoms with van der Waals surface area (Å²) in [6.45, 7) is 1.63. The first-order valence-corrected chi connectivity index (χ1v) is 8.47. The summed E-state index contributed by atoms with van der Waals surface area (Å²) in [4.78, 5) is 18.8. The van der Waals surface area contributed by atoms with E-state index in [9.17, 15) is 13.6 Å². The third-order valence-electron chi connectivity index (χ3n) is 4.41. The number of carbonyl (C=O) groups is 1. The second-order valence-corrected chi connectivity index (χ2v) is 6.34. The largest absolute Gasteiger partial charge is 0.351 e. The number of carbonyl (C=O) groups excluding carboxylic acids is 1. The molecule has 6 heteroatoms. The van der Waals surface area contributed by atoms with E-state index in [0.29, 0.717) is 12.1 Å². The number of amides is 1. The maximum atomic E-state index is 13.2. The monoisotopic (exact) mass is 345 g/mol. The van der Waals surface area contributed by atoms with Crippen LogP contribution in [0.1, 0.15) is 30.4 Å². The Balaban J connectivity index is 1.62. The van der Waals surface area contributed by atoms with Crippen LogP contribution in [0.2, 0.25) is 0 Å². The molecule has 1 N–H and O–H groups in total. The number of nitrogens with one attached hydrogen (secondary N) is 1. The SMILES string of the molecule is O=C(NCc1cc(F)cc(F)c1)[C@@H]1CCCCN1Cc1cccnc1. The van der Waals surface area contributed by atoms with Crippen molar-refractivity contribution in [3.63, 3.8) is 0 Å². The van der Waals surface area contributed by atoms with Gasteiger partial charge in [0.25, 0.3) is 0 Å². The summed E-state index contributed by atoms with van der Waals surface area (Å²) in [5.74, 6) is -1.38. The summed E-state index contributed by atoms with van der Waals surface area (Å²) >= 11 is 0. The predicted molar refractivity (Wildman–Crippen MR) is 90.5 cm³/mol. The highest BCUT2D eigenvalue weighted by Crippen LogP contribution is 2.20. The number of rotatable bonds is 5. The zero-order valence-electron chi connectivity index (χ0n) is 13.9. The van der Waals surface area contributed by atoms with Crippen LogP contribution in [0.5, 0.6) is 0 Å². The lowest BCUT2D eigenvalue weighted by Gasteiger charge is -2.34. The second-order valence-electron chi connectivity index (χ2n) is 6.34. The number of hydrogen-bond donors (Lipinski definition) is 1. The van der Waals surface area contributed by atoms with E-state index in [1.54, 1.807) is 12.4 Å². The van der Waals surface area contributed by atoms with Gasteiger partial charge in [0.05, 0.1) is 6.04 Å². The Morgan fingerprint density at radius 2 is 2.00 bits per heavy atom. The van der Waals surface area contributed by atoms with Gasteiger partial charge in [0, 0.05) is 31.5 Å². The highest BCUT2D eigenvalue weighted by molar-refractivity contribution is 5.81. The van der Waals surface area contributed by atoms with Gasteiger partial charge in [-0.25, -0.2) is 8.78 Å². The number of halogens is 2. The van der Waals surface area contributed by atoms with Gasteiger partial charge in [0.1, 0.15) is 11.6 Å². The molecule has 3 rings (SSSR count). The highest BCUT2D eigenvalue weighted by atomic mass is 19.1. The Labute approximate surface area is 145 Å². The maximum absolute atomic E-state index is 13.2. The van der Waals surface area contributed by atoms with Gasteiger partial charge in [0.2, 0.25) is 5.91 Å². The molecule has 25 heavy (non-hydrogen) atoms. The van der Waals surface area contributed by atoms with Gasteiger partial charge in [-0.2, -0.15) is 0 Å². The molecule has 1 amide bonds. The molecule has 0 radical (unpaired) electrons. The van der Waals surface area contributed by atoms with E-state index in [1.807, 2.05) is 12.1 Å².